The van der Waals surface area contributed by atoms with Crippen molar-refractivity contribution in [2.24, 2.45) is 0 Å². The molecule has 17 heavy (non-hydrogen) atoms. The van der Waals surface area contributed by atoms with Gasteiger partial charge in [-0.05, 0) is 19.1 Å². The van der Waals surface area contributed by atoms with Gasteiger partial charge in [-0.2, -0.15) is 0 Å². The maximum Gasteiger partial charge on any atom is 0.178 e. The van der Waals surface area contributed by atoms with Crippen LogP contribution in [0.3, 0.4) is 0 Å². The van der Waals surface area contributed by atoms with Gasteiger partial charge in [-0.15, -0.1) is 0 Å². The number of ether oxygens (including phenoxy) is 1. The molecule has 0 fully saturated rings. The van der Waals surface area contributed by atoms with E-state index in [2.05, 4.69) is 4.98 Å². The van der Waals surface area contributed by atoms with E-state index in [0.29, 0.717) is 35.6 Å². The normalized spacial score (nSPS) is 11.2. The number of imidazole rings is 1. The number of hydrogen-bond acceptors (Lipinski definition) is 2. The predicted molar refractivity (Wildman–Crippen MR) is 63.5 cm³/mol. The van der Waals surface area contributed by atoms with E-state index in [4.69, 9.17) is 17.0 Å². The van der Waals surface area contributed by atoms with Crippen LogP contribution in [0.5, 0.6) is 0 Å². The SMILES string of the molecule is CCOCCn1c(=S)[nH]c2cc(F)c(F)cc21. The summed E-state index contributed by atoms with van der Waals surface area (Å²) in [5, 5.41) is 0. The Kier molecular flexibility index (Phi) is 3.54. The number of nitrogens with zero attached hydrogens (tertiary/aromatic N) is 1. The molecule has 0 aliphatic heterocycles. The van der Waals surface area contributed by atoms with Gasteiger partial charge in [-0.25, -0.2) is 8.78 Å². The summed E-state index contributed by atoms with van der Waals surface area (Å²) in [6, 6.07) is 2.25. The van der Waals surface area contributed by atoms with Gasteiger partial charge in [0.1, 0.15) is 0 Å². The molecule has 0 saturated carbocycles. The van der Waals surface area contributed by atoms with E-state index in [1.54, 1.807) is 4.57 Å². The molecule has 6 heteroatoms. The van der Waals surface area contributed by atoms with Crippen LogP contribution >= 0.6 is 12.2 Å². The number of nitrogens with one attached hydrogen (secondary N) is 1. The van der Waals surface area contributed by atoms with Crippen LogP contribution in [0.4, 0.5) is 8.78 Å². The molecule has 0 aliphatic carbocycles. The van der Waals surface area contributed by atoms with Crippen LogP contribution in [-0.2, 0) is 11.3 Å². The molecule has 3 nitrogen and oxygen atoms in total. The molecule has 1 aromatic heterocycles. The fourth-order valence-corrected chi connectivity index (χ4v) is 1.97. The lowest BCUT2D eigenvalue weighted by Gasteiger charge is -2.04. The average molecular weight is 258 g/mol. The number of H-pyrrole nitrogens is 1. The summed E-state index contributed by atoms with van der Waals surface area (Å²) in [7, 11) is 0. The van der Waals surface area contributed by atoms with Crippen LogP contribution in [0.2, 0.25) is 0 Å². The van der Waals surface area contributed by atoms with Gasteiger partial charge < -0.3 is 14.3 Å². The second-order valence-corrected chi connectivity index (χ2v) is 3.95. The third-order valence-corrected chi connectivity index (χ3v) is 2.80. The number of benzene rings is 1. The van der Waals surface area contributed by atoms with Gasteiger partial charge in [0, 0.05) is 25.3 Å². The first kappa shape index (κ1) is 12.2. The molecule has 0 saturated heterocycles. The van der Waals surface area contributed by atoms with E-state index in [1.807, 2.05) is 6.92 Å². The largest absolute Gasteiger partial charge is 0.380 e. The highest BCUT2D eigenvalue weighted by molar-refractivity contribution is 7.71. The predicted octanol–water partition coefficient (Wildman–Crippen LogP) is 3.01. The lowest BCUT2D eigenvalue weighted by molar-refractivity contribution is 0.139. The van der Waals surface area contributed by atoms with E-state index in [0.717, 1.165) is 12.1 Å². The van der Waals surface area contributed by atoms with Crippen molar-refractivity contribution in [1.82, 2.24) is 9.55 Å². The Bertz CT molecular complexity index is 591. The van der Waals surface area contributed by atoms with Crippen molar-refractivity contribution in [3.8, 4) is 0 Å². The first-order chi connectivity index (χ1) is 8.13. The Labute approximate surface area is 102 Å². The van der Waals surface area contributed by atoms with Gasteiger partial charge in [0.05, 0.1) is 17.6 Å². The quantitative estimate of drug-likeness (QED) is 0.675. The fourth-order valence-electron chi connectivity index (χ4n) is 1.67. The average Bonchev–Trinajstić information content (AvgIpc) is 2.57. The molecule has 2 rings (SSSR count). The zero-order valence-corrected chi connectivity index (χ0v) is 10.1. The van der Waals surface area contributed by atoms with Crippen molar-refractivity contribution in [3.63, 3.8) is 0 Å². The molecule has 1 aromatic carbocycles. The van der Waals surface area contributed by atoms with Crippen LogP contribution in [0, 0.1) is 16.4 Å². The zero-order valence-electron chi connectivity index (χ0n) is 9.30. The van der Waals surface area contributed by atoms with Gasteiger partial charge in [0.2, 0.25) is 0 Å². The molecule has 0 unspecified atom stereocenters. The maximum absolute atomic E-state index is 13.2. The molecule has 1 heterocycles. The molecular formula is C11H12F2N2OS. The molecule has 0 spiro atoms. The summed E-state index contributed by atoms with van der Waals surface area (Å²) in [5.41, 5.74) is 1.04. The Morgan fingerprint density at radius 2 is 2.06 bits per heavy atom. The van der Waals surface area contributed by atoms with E-state index < -0.39 is 11.6 Å². The molecule has 2 aromatic rings. The van der Waals surface area contributed by atoms with Crippen LogP contribution in [0.1, 0.15) is 6.92 Å². The van der Waals surface area contributed by atoms with Crippen LogP contribution in [-0.4, -0.2) is 22.8 Å². The second-order valence-electron chi connectivity index (χ2n) is 3.56. The number of fused-ring (bicyclic) bond motifs is 1. The second kappa shape index (κ2) is 4.93. The van der Waals surface area contributed by atoms with Gasteiger partial charge in [-0.1, -0.05) is 0 Å². The first-order valence-electron chi connectivity index (χ1n) is 5.28. The minimum Gasteiger partial charge on any atom is -0.380 e. The smallest absolute Gasteiger partial charge is 0.178 e. The molecular weight excluding hydrogens is 246 g/mol. The van der Waals surface area contributed by atoms with Gasteiger partial charge >= 0.3 is 0 Å². The Hall–Kier alpha value is -1.27. The van der Waals surface area contributed by atoms with Gasteiger partial charge in [0.15, 0.2) is 16.4 Å². The summed E-state index contributed by atoms with van der Waals surface area (Å²) in [6.07, 6.45) is 0. The zero-order chi connectivity index (χ0) is 12.4. The van der Waals surface area contributed by atoms with Crippen molar-refractivity contribution in [1.29, 1.82) is 0 Å². The Morgan fingerprint density at radius 1 is 1.35 bits per heavy atom. The van der Waals surface area contributed by atoms with E-state index in [-0.39, 0.29) is 0 Å². The van der Waals surface area contributed by atoms with Gasteiger partial charge in [-0.3, -0.25) is 0 Å². The number of halogens is 2. The number of aromatic nitrogens is 2. The molecule has 0 amide bonds. The van der Waals surface area contributed by atoms with E-state index in [1.165, 1.54) is 0 Å². The van der Waals surface area contributed by atoms with Crippen LogP contribution < -0.4 is 0 Å². The van der Waals surface area contributed by atoms with Crippen molar-refractivity contribution >= 4 is 23.3 Å². The molecule has 92 valence electrons. The molecule has 0 radical (unpaired) electrons. The summed E-state index contributed by atoms with van der Waals surface area (Å²) >= 11 is 5.10. The Morgan fingerprint density at radius 3 is 2.76 bits per heavy atom. The summed E-state index contributed by atoms with van der Waals surface area (Å²) in [4.78, 5) is 2.84. The Balaban J connectivity index is 2.44. The standard InChI is InChI=1S/C11H12F2N2OS/c1-2-16-4-3-15-10-6-8(13)7(12)5-9(10)14-11(15)17/h5-6H,2-4H2,1H3,(H,14,17). The molecule has 0 bridgehead atoms. The minimum absolute atomic E-state index is 0.435. The summed E-state index contributed by atoms with van der Waals surface area (Å²) in [5.74, 6) is -1.76. The van der Waals surface area contributed by atoms with E-state index in [9.17, 15) is 8.78 Å². The highest BCUT2D eigenvalue weighted by atomic mass is 32.1. The van der Waals surface area contributed by atoms with Crippen molar-refractivity contribution in [2.45, 2.75) is 13.5 Å². The fraction of sp³-hybridized carbons (Fsp3) is 0.364. The highest BCUT2D eigenvalue weighted by Gasteiger charge is 2.09. The number of aromatic amines is 1. The first-order valence-corrected chi connectivity index (χ1v) is 5.69. The third-order valence-electron chi connectivity index (χ3n) is 2.48. The lowest BCUT2D eigenvalue weighted by atomic mass is 10.3. The topological polar surface area (TPSA) is 29.9 Å². The maximum atomic E-state index is 13.2. The summed E-state index contributed by atoms with van der Waals surface area (Å²) in [6.45, 7) is 3.50. The molecule has 1 N–H and O–H groups in total. The number of rotatable bonds is 4. The molecule has 0 atom stereocenters. The van der Waals surface area contributed by atoms with Crippen molar-refractivity contribution in [2.75, 3.05) is 13.2 Å². The molecule has 0 aliphatic rings. The van der Waals surface area contributed by atoms with Crippen molar-refractivity contribution in [3.05, 3.63) is 28.5 Å². The van der Waals surface area contributed by atoms with Gasteiger partial charge in [0.25, 0.3) is 0 Å². The lowest BCUT2D eigenvalue weighted by Crippen LogP contribution is -2.05. The van der Waals surface area contributed by atoms with Crippen molar-refractivity contribution < 1.29 is 13.5 Å². The number of hydrogen-bond donors (Lipinski definition) is 1. The van der Waals surface area contributed by atoms with E-state index >= 15 is 0 Å². The third kappa shape index (κ3) is 2.37. The minimum atomic E-state index is -0.884. The highest BCUT2D eigenvalue weighted by Crippen LogP contribution is 2.18. The monoisotopic (exact) mass is 258 g/mol. The summed E-state index contributed by atoms with van der Waals surface area (Å²) < 4.78 is 33.5. The van der Waals surface area contributed by atoms with Crippen LogP contribution in [0.15, 0.2) is 12.1 Å². The van der Waals surface area contributed by atoms with Crippen LogP contribution in [0.25, 0.3) is 11.0 Å².